The van der Waals surface area contributed by atoms with E-state index >= 15 is 0 Å². The second-order valence-corrected chi connectivity index (χ2v) is 5.85. The maximum atomic E-state index is 10.5. The molecular weight excluding hydrogens is 240 g/mol. The summed E-state index contributed by atoms with van der Waals surface area (Å²) in [6, 6.07) is 0. The highest BCUT2D eigenvalue weighted by molar-refractivity contribution is 5.66. The first-order valence-electron chi connectivity index (χ1n) is 7.22. The average molecular weight is 266 g/mol. The summed E-state index contributed by atoms with van der Waals surface area (Å²) in [5.41, 5.74) is 7.36. The molecule has 0 spiro atoms. The summed E-state index contributed by atoms with van der Waals surface area (Å²) in [5, 5.41) is 15.0. The number of aliphatic hydroxyl groups is 1. The Hall–Kier alpha value is -1.23. The fourth-order valence-electron chi connectivity index (χ4n) is 3.17. The van der Waals surface area contributed by atoms with Gasteiger partial charge in [0.05, 0.1) is 17.0 Å². The van der Waals surface area contributed by atoms with Crippen molar-refractivity contribution in [2.75, 3.05) is 24.2 Å². The van der Waals surface area contributed by atoms with Crippen LogP contribution in [-0.2, 0) is 13.5 Å². The molecule has 2 rings (SSSR count). The molecule has 3 N–H and O–H groups in total. The van der Waals surface area contributed by atoms with Crippen LogP contribution in [0.15, 0.2) is 0 Å². The van der Waals surface area contributed by atoms with Crippen LogP contribution in [-0.4, -0.2) is 34.1 Å². The minimum absolute atomic E-state index is 0.559. The number of nitrogens with zero attached hydrogens (tertiary/aromatic N) is 3. The van der Waals surface area contributed by atoms with Gasteiger partial charge in [0, 0.05) is 20.6 Å². The van der Waals surface area contributed by atoms with E-state index in [1.54, 1.807) is 0 Å². The average Bonchev–Trinajstić information content (AvgIpc) is 2.85. The molecule has 0 saturated heterocycles. The van der Waals surface area contributed by atoms with Crippen LogP contribution in [0.3, 0.4) is 0 Å². The highest BCUT2D eigenvalue weighted by atomic mass is 16.3. The second kappa shape index (κ2) is 5.41. The SMILES string of the molecule is CCCc1nn(C)c(N(C)CC2(O)CCCC2)c1N. The fraction of sp³-hybridized carbons (Fsp3) is 0.786. The van der Waals surface area contributed by atoms with E-state index in [-0.39, 0.29) is 0 Å². The Labute approximate surface area is 115 Å². The van der Waals surface area contributed by atoms with E-state index in [4.69, 9.17) is 5.73 Å². The molecule has 0 bridgehead atoms. The number of rotatable bonds is 5. The quantitative estimate of drug-likeness (QED) is 0.851. The van der Waals surface area contributed by atoms with Crippen molar-refractivity contribution in [3.63, 3.8) is 0 Å². The molecule has 0 aromatic carbocycles. The van der Waals surface area contributed by atoms with Crippen LogP contribution in [0.5, 0.6) is 0 Å². The number of anilines is 2. The van der Waals surface area contributed by atoms with Gasteiger partial charge in [-0.05, 0) is 19.3 Å². The monoisotopic (exact) mass is 266 g/mol. The zero-order valence-corrected chi connectivity index (χ0v) is 12.3. The van der Waals surface area contributed by atoms with Gasteiger partial charge in [-0.15, -0.1) is 0 Å². The van der Waals surface area contributed by atoms with Crippen molar-refractivity contribution in [3.8, 4) is 0 Å². The van der Waals surface area contributed by atoms with Gasteiger partial charge in [0.25, 0.3) is 0 Å². The summed E-state index contributed by atoms with van der Waals surface area (Å²) in [6.07, 6.45) is 5.94. The minimum atomic E-state index is -0.559. The summed E-state index contributed by atoms with van der Waals surface area (Å²) in [6.45, 7) is 2.75. The Bertz CT molecular complexity index is 435. The van der Waals surface area contributed by atoms with E-state index in [9.17, 15) is 5.11 Å². The van der Waals surface area contributed by atoms with E-state index in [2.05, 4.69) is 12.0 Å². The third-order valence-electron chi connectivity index (χ3n) is 4.04. The van der Waals surface area contributed by atoms with Gasteiger partial charge in [0.15, 0.2) is 0 Å². The minimum Gasteiger partial charge on any atom is -0.394 e. The van der Waals surface area contributed by atoms with Gasteiger partial charge in [-0.2, -0.15) is 5.10 Å². The second-order valence-electron chi connectivity index (χ2n) is 5.85. The predicted octanol–water partition coefficient (Wildman–Crippen LogP) is 1.70. The molecule has 0 radical (unpaired) electrons. The number of nitrogens with two attached hydrogens (primary N) is 1. The number of hydrogen-bond acceptors (Lipinski definition) is 4. The van der Waals surface area contributed by atoms with Crippen molar-refractivity contribution in [1.82, 2.24) is 9.78 Å². The molecule has 108 valence electrons. The zero-order valence-electron chi connectivity index (χ0n) is 12.3. The molecule has 1 heterocycles. The molecule has 0 unspecified atom stereocenters. The Kier molecular flexibility index (Phi) is 4.04. The summed E-state index contributed by atoms with van der Waals surface area (Å²) >= 11 is 0. The van der Waals surface area contributed by atoms with Crippen molar-refractivity contribution < 1.29 is 5.11 Å². The van der Waals surface area contributed by atoms with Crippen molar-refractivity contribution in [1.29, 1.82) is 0 Å². The number of nitrogen functional groups attached to an aromatic ring is 1. The molecule has 19 heavy (non-hydrogen) atoms. The van der Waals surface area contributed by atoms with Gasteiger partial charge in [-0.25, -0.2) is 0 Å². The first kappa shape index (κ1) is 14.2. The van der Waals surface area contributed by atoms with Crippen LogP contribution in [0.4, 0.5) is 11.5 Å². The van der Waals surface area contributed by atoms with E-state index in [0.717, 1.165) is 55.7 Å². The molecule has 1 aliphatic rings. The third kappa shape index (κ3) is 2.86. The van der Waals surface area contributed by atoms with Crippen LogP contribution in [0, 0.1) is 0 Å². The molecular formula is C14H26N4O. The molecule has 1 fully saturated rings. The summed E-state index contributed by atoms with van der Waals surface area (Å²) in [4.78, 5) is 2.05. The number of likely N-dealkylation sites (N-methyl/N-ethyl adjacent to an activating group) is 1. The van der Waals surface area contributed by atoms with Gasteiger partial charge in [-0.3, -0.25) is 4.68 Å². The predicted molar refractivity (Wildman–Crippen MR) is 78.3 cm³/mol. The van der Waals surface area contributed by atoms with Crippen LogP contribution in [0.1, 0.15) is 44.7 Å². The van der Waals surface area contributed by atoms with Gasteiger partial charge in [0.1, 0.15) is 5.82 Å². The molecule has 0 atom stereocenters. The lowest BCUT2D eigenvalue weighted by Crippen LogP contribution is -2.40. The maximum absolute atomic E-state index is 10.5. The Balaban J connectivity index is 2.16. The molecule has 1 saturated carbocycles. The summed E-state index contributed by atoms with van der Waals surface area (Å²) in [7, 11) is 3.90. The molecule has 1 aliphatic carbocycles. The number of aromatic nitrogens is 2. The van der Waals surface area contributed by atoms with Gasteiger partial charge in [-0.1, -0.05) is 26.2 Å². The largest absolute Gasteiger partial charge is 0.394 e. The van der Waals surface area contributed by atoms with E-state index in [1.165, 1.54) is 0 Å². The van der Waals surface area contributed by atoms with Crippen LogP contribution < -0.4 is 10.6 Å². The van der Waals surface area contributed by atoms with Crippen molar-refractivity contribution in [3.05, 3.63) is 5.69 Å². The third-order valence-corrected chi connectivity index (χ3v) is 4.04. The molecule has 0 amide bonds. The molecule has 1 aromatic heterocycles. The van der Waals surface area contributed by atoms with Gasteiger partial charge in [0.2, 0.25) is 0 Å². The Morgan fingerprint density at radius 3 is 2.63 bits per heavy atom. The number of aryl methyl sites for hydroxylation is 2. The van der Waals surface area contributed by atoms with E-state index < -0.39 is 5.60 Å². The Morgan fingerprint density at radius 2 is 2.05 bits per heavy atom. The van der Waals surface area contributed by atoms with E-state index in [0.29, 0.717) is 6.54 Å². The van der Waals surface area contributed by atoms with Crippen LogP contribution >= 0.6 is 0 Å². The van der Waals surface area contributed by atoms with Crippen molar-refractivity contribution in [2.24, 2.45) is 7.05 Å². The molecule has 0 aliphatic heterocycles. The first-order chi connectivity index (χ1) is 8.97. The lowest BCUT2D eigenvalue weighted by molar-refractivity contribution is 0.0557. The number of hydrogen-bond donors (Lipinski definition) is 2. The topological polar surface area (TPSA) is 67.3 Å². The lowest BCUT2D eigenvalue weighted by Gasteiger charge is -2.30. The van der Waals surface area contributed by atoms with Crippen LogP contribution in [0.25, 0.3) is 0 Å². The fourth-order valence-corrected chi connectivity index (χ4v) is 3.17. The van der Waals surface area contributed by atoms with Gasteiger partial charge < -0.3 is 15.7 Å². The highest BCUT2D eigenvalue weighted by Gasteiger charge is 2.33. The standard InChI is InChI=1S/C14H26N4O/c1-4-7-11-12(15)13(18(3)16-11)17(2)10-14(19)8-5-6-9-14/h19H,4-10,15H2,1-3H3. The zero-order chi connectivity index (χ0) is 14.0. The van der Waals surface area contributed by atoms with Crippen molar-refractivity contribution in [2.45, 2.75) is 51.0 Å². The normalized spacial score (nSPS) is 17.9. The van der Waals surface area contributed by atoms with Gasteiger partial charge >= 0.3 is 0 Å². The first-order valence-corrected chi connectivity index (χ1v) is 7.22. The molecule has 5 nitrogen and oxygen atoms in total. The van der Waals surface area contributed by atoms with Crippen LogP contribution in [0.2, 0.25) is 0 Å². The lowest BCUT2D eigenvalue weighted by atomic mass is 10.0. The van der Waals surface area contributed by atoms with Crippen molar-refractivity contribution >= 4 is 11.5 Å². The highest BCUT2D eigenvalue weighted by Crippen LogP contribution is 2.33. The van der Waals surface area contributed by atoms with E-state index in [1.807, 2.05) is 23.7 Å². The maximum Gasteiger partial charge on any atom is 0.150 e. The smallest absolute Gasteiger partial charge is 0.150 e. The summed E-state index contributed by atoms with van der Waals surface area (Å²) < 4.78 is 1.83. The molecule has 5 heteroatoms. The molecule has 1 aromatic rings. The summed E-state index contributed by atoms with van der Waals surface area (Å²) in [5.74, 6) is 0.920. The Morgan fingerprint density at radius 1 is 1.42 bits per heavy atom.